The molecular formula is C11H14N4O. The van der Waals surface area contributed by atoms with Crippen LogP contribution in [0.25, 0.3) is 0 Å². The number of primary amides is 1. The lowest BCUT2D eigenvalue weighted by atomic mass is 10.2. The summed E-state index contributed by atoms with van der Waals surface area (Å²) in [7, 11) is 1.76. The molecular weight excluding hydrogens is 204 g/mol. The van der Waals surface area contributed by atoms with Gasteiger partial charge < -0.3 is 5.73 Å². The number of rotatable bonds is 5. The van der Waals surface area contributed by atoms with Gasteiger partial charge in [0, 0.05) is 7.05 Å². The van der Waals surface area contributed by atoms with Crippen molar-refractivity contribution in [1.82, 2.24) is 5.01 Å². The van der Waals surface area contributed by atoms with Crippen LogP contribution in [0.5, 0.6) is 0 Å². The van der Waals surface area contributed by atoms with Crippen molar-refractivity contribution in [1.29, 1.82) is 0 Å². The number of carbonyl (C=O) groups excluding carboxylic acids is 1. The Hall–Kier alpha value is -2.17. The fourth-order valence-electron chi connectivity index (χ4n) is 1.12. The average molecular weight is 218 g/mol. The standard InChI is InChI=1S/C11H14N4O/c1-3-8-15(2)14-13-10-7-5-4-6-9(10)11(12)16/h3-7H,1,8H2,2H3,(H2,12,16). The number of nitrogens with two attached hydrogens (primary N) is 1. The van der Waals surface area contributed by atoms with E-state index in [9.17, 15) is 4.79 Å². The van der Waals surface area contributed by atoms with Crippen LogP contribution >= 0.6 is 0 Å². The summed E-state index contributed by atoms with van der Waals surface area (Å²) < 4.78 is 0. The van der Waals surface area contributed by atoms with E-state index in [0.717, 1.165) is 0 Å². The first kappa shape index (κ1) is 11.9. The van der Waals surface area contributed by atoms with Crippen LogP contribution in [0.15, 0.2) is 47.3 Å². The maximum Gasteiger partial charge on any atom is 0.250 e. The van der Waals surface area contributed by atoms with Gasteiger partial charge in [-0.3, -0.25) is 9.80 Å². The van der Waals surface area contributed by atoms with Gasteiger partial charge >= 0.3 is 0 Å². The molecule has 0 atom stereocenters. The molecule has 0 heterocycles. The molecule has 0 bridgehead atoms. The highest BCUT2D eigenvalue weighted by molar-refractivity contribution is 5.97. The van der Waals surface area contributed by atoms with Crippen LogP contribution in [-0.2, 0) is 0 Å². The van der Waals surface area contributed by atoms with Gasteiger partial charge in [-0.15, -0.1) is 11.7 Å². The van der Waals surface area contributed by atoms with Gasteiger partial charge in [0.2, 0.25) is 0 Å². The Balaban J connectivity index is 2.88. The number of likely N-dealkylation sites (N-methyl/N-ethyl adjacent to an activating group) is 1. The predicted octanol–water partition coefficient (Wildman–Crippen LogP) is 1.90. The van der Waals surface area contributed by atoms with E-state index in [1.54, 1.807) is 42.4 Å². The van der Waals surface area contributed by atoms with E-state index >= 15 is 0 Å². The molecule has 5 heteroatoms. The molecule has 0 spiro atoms. The molecule has 1 aromatic rings. The van der Waals surface area contributed by atoms with Crippen LogP contribution < -0.4 is 5.73 Å². The van der Waals surface area contributed by atoms with Crippen molar-refractivity contribution in [3.63, 3.8) is 0 Å². The van der Waals surface area contributed by atoms with Gasteiger partial charge in [-0.2, -0.15) is 0 Å². The molecule has 1 amide bonds. The minimum Gasteiger partial charge on any atom is -0.366 e. The van der Waals surface area contributed by atoms with Gasteiger partial charge in [-0.1, -0.05) is 23.4 Å². The minimum atomic E-state index is -0.513. The van der Waals surface area contributed by atoms with Gasteiger partial charge in [0.25, 0.3) is 5.91 Å². The molecule has 0 aliphatic heterocycles. The highest BCUT2D eigenvalue weighted by Crippen LogP contribution is 2.18. The zero-order chi connectivity index (χ0) is 12.0. The number of hydrogen-bond donors (Lipinski definition) is 1. The first-order valence-electron chi connectivity index (χ1n) is 4.77. The third-order valence-corrected chi connectivity index (χ3v) is 1.87. The second kappa shape index (κ2) is 5.65. The predicted molar refractivity (Wildman–Crippen MR) is 62.3 cm³/mol. The van der Waals surface area contributed by atoms with E-state index in [4.69, 9.17) is 5.73 Å². The first-order valence-corrected chi connectivity index (χ1v) is 4.77. The highest BCUT2D eigenvalue weighted by Gasteiger charge is 2.05. The molecule has 0 radical (unpaired) electrons. The normalized spacial score (nSPS) is 10.3. The van der Waals surface area contributed by atoms with Crippen LogP contribution in [0.2, 0.25) is 0 Å². The topological polar surface area (TPSA) is 71.1 Å². The molecule has 0 saturated carbocycles. The molecule has 0 aliphatic rings. The molecule has 0 aromatic heterocycles. The zero-order valence-electron chi connectivity index (χ0n) is 9.13. The van der Waals surface area contributed by atoms with Crippen molar-refractivity contribution < 1.29 is 4.79 Å². The first-order chi connectivity index (χ1) is 7.65. The monoisotopic (exact) mass is 218 g/mol. The molecule has 0 saturated heterocycles. The van der Waals surface area contributed by atoms with Crippen molar-refractivity contribution in [2.45, 2.75) is 0 Å². The van der Waals surface area contributed by atoms with Crippen molar-refractivity contribution in [3.05, 3.63) is 42.5 Å². The van der Waals surface area contributed by atoms with Crippen molar-refractivity contribution in [3.8, 4) is 0 Å². The Labute approximate surface area is 94.2 Å². The lowest BCUT2D eigenvalue weighted by Crippen LogP contribution is -2.11. The third kappa shape index (κ3) is 3.20. The van der Waals surface area contributed by atoms with Gasteiger partial charge in [0.05, 0.1) is 12.1 Å². The Morgan fingerprint density at radius 2 is 2.25 bits per heavy atom. The number of benzene rings is 1. The number of amides is 1. The number of carbonyl (C=O) groups is 1. The quantitative estimate of drug-likeness (QED) is 0.465. The van der Waals surface area contributed by atoms with Gasteiger partial charge in [0.15, 0.2) is 0 Å². The van der Waals surface area contributed by atoms with Crippen molar-refractivity contribution in [2.24, 2.45) is 16.1 Å². The number of hydrogen-bond acceptors (Lipinski definition) is 3. The van der Waals surface area contributed by atoms with Gasteiger partial charge in [-0.05, 0) is 12.1 Å². The molecule has 0 fully saturated rings. The highest BCUT2D eigenvalue weighted by atomic mass is 16.1. The molecule has 84 valence electrons. The lowest BCUT2D eigenvalue weighted by molar-refractivity contribution is 0.100. The fraction of sp³-hybridized carbons (Fsp3) is 0.182. The molecule has 2 N–H and O–H groups in total. The summed E-state index contributed by atoms with van der Waals surface area (Å²) in [4.78, 5) is 11.1. The summed E-state index contributed by atoms with van der Waals surface area (Å²) in [6.07, 6.45) is 1.71. The summed E-state index contributed by atoms with van der Waals surface area (Å²) in [6.45, 7) is 4.17. The summed E-state index contributed by atoms with van der Waals surface area (Å²) in [5.74, 6) is -0.513. The van der Waals surface area contributed by atoms with Crippen LogP contribution in [-0.4, -0.2) is 24.5 Å². The maximum atomic E-state index is 11.1. The summed E-state index contributed by atoms with van der Waals surface area (Å²) in [5.41, 5.74) is 6.03. The molecule has 16 heavy (non-hydrogen) atoms. The van der Waals surface area contributed by atoms with Crippen LogP contribution in [0.4, 0.5) is 5.69 Å². The Bertz CT molecular complexity index is 414. The third-order valence-electron chi connectivity index (χ3n) is 1.87. The lowest BCUT2D eigenvalue weighted by Gasteiger charge is -2.07. The Morgan fingerprint density at radius 3 is 2.88 bits per heavy atom. The van der Waals surface area contributed by atoms with Gasteiger partial charge in [0.1, 0.15) is 5.69 Å². The summed E-state index contributed by atoms with van der Waals surface area (Å²) >= 11 is 0. The SMILES string of the molecule is C=CCN(C)N=Nc1ccccc1C(N)=O. The maximum absolute atomic E-state index is 11.1. The van der Waals surface area contributed by atoms with E-state index in [-0.39, 0.29) is 0 Å². The molecule has 0 unspecified atom stereocenters. The average Bonchev–Trinajstić information content (AvgIpc) is 2.27. The zero-order valence-corrected chi connectivity index (χ0v) is 9.13. The van der Waals surface area contributed by atoms with Crippen LogP contribution in [0.3, 0.4) is 0 Å². The molecule has 1 rings (SSSR count). The van der Waals surface area contributed by atoms with E-state index in [0.29, 0.717) is 17.8 Å². The van der Waals surface area contributed by atoms with Gasteiger partial charge in [-0.25, -0.2) is 0 Å². The Kier molecular flexibility index (Phi) is 4.20. The molecule has 0 aliphatic carbocycles. The van der Waals surface area contributed by atoms with E-state index in [2.05, 4.69) is 16.9 Å². The molecule has 1 aromatic carbocycles. The Morgan fingerprint density at radius 1 is 1.56 bits per heavy atom. The number of nitrogens with zero attached hydrogens (tertiary/aromatic N) is 3. The van der Waals surface area contributed by atoms with E-state index in [1.807, 2.05) is 0 Å². The van der Waals surface area contributed by atoms with Crippen molar-refractivity contribution >= 4 is 11.6 Å². The second-order valence-corrected chi connectivity index (χ2v) is 3.20. The minimum absolute atomic E-state index is 0.359. The summed E-state index contributed by atoms with van der Waals surface area (Å²) in [5, 5.41) is 9.46. The fourth-order valence-corrected chi connectivity index (χ4v) is 1.12. The smallest absolute Gasteiger partial charge is 0.250 e. The van der Waals surface area contributed by atoms with Crippen molar-refractivity contribution in [2.75, 3.05) is 13.6 Å². The summed E-state index contributed by atoms with van der Waals surface area (Å²) in [6, 6.07) is 6.80. The van der Waals surface area contributed by atoms with E-state index in [1.165, 1.54) is 0 Å². The largest absolute Gasteiger partial charge is 0.366 e. The second-order valence-electron chi connectivity index (χ2n) is 3.20. The molecule has 5 nitrogen and oxygen atoms in total. The van der Waals surface area contributed by atoms with E-state index < -0.39 is 5.91 Å². The van der Waals surface area contributed by atoms with Crippen LogP contribution in [0, 0.1) is 0 Å². The van der Waals surface area contributed by atoms with Crippen LogP contribution in [0.1, 0.15) is 10.4 Å².